The van der Waals surface area contributed by atoms with Crippen molar-refractivity contribution in [3.05, 3.63) is 29.5 Å². The Balaban J connectivity index is 1.82. The standard InChI is InChI=1S/C18H29N7/c1-13(2)20-18-21-15-7-10-25(12-16-19-8-11-24(16)5)9-6-14(15)17(22-18)23(3)4/h8,11,13H,6-7,9-10,12H2,1-5H3,(H,20,21,22). The van der Waals surface area contributed by atoms with Crippen LogP contribution in [0.4, 0.5) is 11.8 Å². The van der Waals surface area contributed by atoms with E-state index in [-0.39, 0.29) is 0 Å². The van der Waals surface area contributed by atoms with Gasteiger partial charge in [0.1, 0.15) is 11.6 Å². The monoisotopic (exact) mass is 343 g/mol. The number of fused-ring (bicyclic) bond motifs is 1. The van der Waals surface area contributed by atoms with E-state index in [1.807, 2.05) is 19.4 Å². The van der Waals surface area contributed by atoms with Crippen LogP contribution >= 0.6 is 0 Å². The summed E-state index contributed by atoms with van der Waals surface area (Å²) in [7, 11) is 6.16. The molecular formula is C18H29N7. The molecule has 1 aliphatic heterocycles. The minimum absolute atomic E-state index is 0.318. The molecule has 2 aromatic heterocycles. The van der Waals surface area contributed by atoms with Crippen molar-refractivity contribution < 1.29 is 0 Å². The van der Waals surface area contributed by atoms with Gasteiger partial charge in [0.05, 0.1) is 12.2 Å². The molecule has 25 heavy (non-hydrogen) atoms. The normalized spacial score (nSPS) is 15.1. The fourth-order valence-corrected chi connectivity index (χ4v) is 3.23. The van der Waals surface area contributed by atoms with Crippen LogP contribution < -0.4 is 10.2 Å². The summed E-state index contributed by atoms with van der Waals surface area (Å²) in [6.45, 7) is 7.09. The topological polar surface area (TPSA) is 62.1 Å². The quantitative estimate of drug-likeness (QED) is 0.892. The average molecular weight is 343 g/mol. The highest BCUT2D eigenvalue weighted by atomic mass is 15.2. The number of hydrogen-bond donors (Lipinski definition) is 1. The molecule has 0 aliphatic carbocycles. The highest BCUT2D eigenvalue weighted by Crippen LogP contribution is 2.25. The molecule has 1 N–H and O–H groups in total. The predicted molar refractivity (Wildman–Crippen MR) is 101 cm³/mol. The highest BCUT2D eigenvalue weighted by molar-refractivity contribution is 5.52. The van der Waals surface area contributed by atoms with E-state index in [2.05, 4.69) is 52.6 Å². The first-order valence-electron chi connectivity index (χ1n) is 8.96. The molecule has 136 valence electrons. The third kappa shape index (κ3) is 4.10. The van der Waals surface area contributed by atoms with Crippen molar-refractivity contribution >= 4 is 11.8 Å². The maximum atomic E-state index is 4.81. The number of rotatable bonds is 5. The maximum Gasteiger partial charge on any atom is 0.225 e. The van der Waals surface area contributed by atoms with Crippen molar-refractivity contribution in [1.82, 2.24) is 24.4 Å². The minimum atomic E-state index is 0.318. The number of nitrogens with zero attached hydrogens (tertiary/aromatic N) is 6. The SMILES string of the molecule is CC(C)Nc1nc2c(c(N(C)C)n1)CCN(Cc1nccn1C)CC2. The van der Waals surface area contributed by atoms with Crippen molar-refractivity contribution in [2.75, 3.05) is 37.4 Å². The largest absolute Gasteiger partial charge is 0.362 e. The Kier molecular flexibility index (Phi) is 5.22. The van der Waals surface area contributed by atoms with Crippen LogP contribution in [-0.2, 0) is 26.4 Å². The third-order valence-electron chi connectivity index (χ3n) is 4.54. The molecule has 0 unspecified atom stereocenters. The maximum absolute atomic E-state index is 4.81. The van der Waals surface area contributed by atoms with E-state index >= 15 is 0 Å². The van der Waals surface area contributed by atoms with Gasteiger partial charge in [-0.2, -0.15) is 4.98 Å². The molecule has 2 aromatic rings. The van der Waals surface area contributed by atoms with Gasteiger partial charge in [-0.05, 0) is 20.3 Å². The number of imidazole rings is 1. The van der Waals surface area contributed by atoms with Crippen molar-refractivity contribution in [2.45, 2.75) is 39.3 Å². The Labute approximate surface area is 150 Å². The van der Waals surface area contributed by atoms with E-state index in [0.29, 0.717) is 6.04 Å². The van der Waals surface area contributed by atoms with Gasteiger partial charge in [0.15, 0.2) is 0 Å². The minimum Gasteiger partial charge on any atom is -0.362 e. The predicted octanol–water partition coefficient (Wildman–Crippen LogP) is 1.70. The Hall–Kier alpha value is -2.15. The summed E-state index contributed by atoms with van der Waals surface area (Å²) in [6.07, 6.45) is 5.77. The fourth-order valence-electron chi connectivity index (χ4n) is 3.23. The average Bonchev–Trinajstić information content (AvgIpc) is 2.83. The van der Waals surface area contributed by atoms with Crippen LogP contribution in [0, 0.1) is 0 Å². The first-order valence-corrected chi connectivity index (χ1v) is 8.96. The first-order chi connectivity index (χ1) is 11.9. The number of anilines is 2. The summed E-state index contributed by atoms with van der Waals surface area (Å²) in [5.74, 6) is 2.87. The summed E-state index contributed by atoms with van der Waals surface area (Å²) in [5, 5.41) is 3.35. The third-order valence-corrected chi connectivity index (χ3v) is 4.54. The van der Waals surface area contributed by atoms with Crippen molar-refractivity contribution in [1.29, 1.82) is 0 Å². The molecule has 0 saturated carbocycles. The van der Waals surface area contributed by atoms with Crippen molar-refractivity contribution in [2.24, 2.45) is 7.05 Å². The zero-order chi connectivity index (χ0) is 18.0. The van der Waals surface area contributed by atoms with E-state index in [4.69, 9.17) is 9.97 Å². The van der Waals surface area contributed by atoms with Crippen LogP contribution in [0.2, 0.25) is 0 Å². The van der Waals surface area contributed by atoms with Crippen LogP contribution in [0.15, 0.2) is 12.4 Å². The molecule has 1 aliphatic rings. The summed E-state index contributed by atoms with van der Waals surface area (Å²) in [5.41, 5.74) is 2.45. The van der Waals surface area contributed by atoms with Gasteiger partial charge in [-0.15, -0.1) is 0 Å². The molecule has 0 fully saturated rings. The lowest BCUT2D eigenvalue weighted by molar-refractivity contribution is 0.269. The summed E-state index contributed by atoms with van der Waals surface area (Å²) in [4.78, 5) is 18.6. The zero-order valence-corrected chi connectivity index (χ0v) is 16.0. The van der Waals surface area contributed by atoms with E-state index in [0.717, 1.165) is 50.1 Å². The molecule has 7 heteroatoms. The summed E-state index contributed by atoms with van der Waals surface area (Å²) in [6, 6.07) is 0.318. The van der Waals surface area contributed by atoms with Gasteiger partial charge in [0.2, 0.25) is 5.95 Å². The molecule has 3 heterocycles. The lowest BCUT2D eigenvalue weighted by Gasteiger charge is -2.20. The first kappa shape index (κ1) is 17.7. The fraction of sp³-hybridized carbons (Fsp3) is 0.611. The van der Waals surface area contributed by atoms with Gasteiger partial charge in [0, 0.05) is 64.7 Å². The molecular weight excluding hydrogens is 314 g/mol. The van der Waals surface area contributed by atoms with Crippen LogP contribution in [-0.4, -0.2) is 57.6 Å². The number of aromatic nitrogens is 4. The molecule has 7 nitrogen and oxygen atoms in total. The summed E-state index contributed by atoms with van der Waals surface area (Å²) < 4.78 is 2.09. The second-order valence-electron chi connectivity index (χ2n) is 7.22. The van der Waals surface area contributed by atoms with Crippen molar-refractivity contribution in [3.63, 3.8) is 0 Å². The Morgan fingerprint density at radius 2 is 1.96 bits per heavy atom. The Bertz CT molecular complexity index is 720. The van der Waals surface area contributed by atoms with Gasteiger partial charge in [-0.3, -0.25) is 4.90 Å². The molecule has 3 rings (SSSR count). The molecule has 0 bridgehead atoms. The molecule has 0 atom stereocenters. The van der Waals surface area contributed by atoms with Crippen LogP contribution in [0.1, 0.15) is 30.9 Å². The van der Waals surface area contributed by atoms with E-state index < -0.39 is 0 Å². The Morgan fingerprint density at radius 1 is 1.20 bits per heavy atom. The van der Waals surface area contributed by atoms with Gasteiger partial charge in [-0.25, -0.2) is 9.97 Å². The van der Waals surface area contributed by atoms with Gasteiger partial charge >= 0.3 is 0 Å². The number of aryl methyl sites for hydroxylation is 1. The van der Waals surface area contributed by atoms with E-state index in [9.17, 15) is 0 Å². The smallest absolute Gasteiger partial charge is 0.225 e. The second kappa shape index (κ2) is 7.39. The molecule has 0 spiro atoms. The molecule has 0 aromatic carbocycles. The molecule has 0 amide bonds. The second-order valence-corrected chi connectivity index (χ2v) is 7.22. The Morgan fingerprint density at radius 3 is 2.60 bits per heavy atom. The van der Waals surface area contributed by atoms with Crippen LogP contribution in [0.5, 0.6) is 0 Å². The van der Waals surface area contributed by atoms with E-state index in [1.54, 1.807) is 0 Å². The van der Waals surface area contributed by atoms with Gasteiger partial charge < -0.3 is 14.8 Å². The zero-order valence-electron chi connectivity index (χ0n) is 16.0. The highest BCUT2D eigenvalue weighted by Gasteiger charge is 2.22. The number of nitrogens with one attached hydrogen (secondary N) is 1. The lowest BCUT2D eigenvalue weighted by atomic mass is 10.1. The van der Waals surface area contributed by atoms with Gasteiger partial charge in [-0.1, -0.05) is 0 Å². The molecule has 0 saturated heterocycles. The molecule has 0 radical (unpaired) electrons. The summed E-state index contributed by atoms with van der Waals surface area (Å²) >= 11 is 0. The van der Waals surface area contributed by atoms with Crippen LogP contribution in [0.3, 0.4) is 0 Å². The van der Waals surface area contributed by atoms with Crippen LogP contribution in [0.25, 0.3) is 0 Å². The van der Waals surface area contributed by atoms with Crippen molar-refractivity contribution in [3.8, 4) is 0 Å². The van der Waals surface area contributed by atoms with E-state index in [1.165, 1.54) is 11.3 Å². The van der Waals surface area contributed by atoms with Gasteiger partial charge in [0.25, 0.3) is 0 Å². The lowest BCUT2D eigenvalue weighted by Crippen LogP contribution is -2.27. The number of hydrogen-bond acceptors (Lipinski definition) is 6.